The summed E-state index contributed by atoms with van der Waals surface area (Å²) in [5.41, 5.74) is 2.02. The van der Waals surface area contributed by atoms with Gasteiger partial charge in [-0.3, -0.25) is 0 Å². The van der Waals surface area contributed by atoms with Gasteiger partial charge in [0, 0.05) is 11.8 Å². The van der Waals surface area contributed by atoms with Crippen molar-refractivity contribution in [1.82, 2.24) is 9.97 Å². The lowest BCUT2D eigenvalue weighted by Crippen LogP contribution is -1.99. The second-order valence-corrected chi connectivity index (χ2v) is 4.02. The molecule has 0 aliphatic rings. The summed E-state index contributed by atoms with van der Waals surface area (Å²) in [6, 6.07) is 7.93. The summed E-state index contributed by atoms with van der Waals surface area (Å²) in [5.74, 6) is -0.815. The fourth-order valence-electron chi connectivity index (χ4n) is 1.79. The molecule has 2 heterocycles. The van der Waals surface area contributed by atoms with Gasteiger partial charge in [-0.1, -0.05) is 6.07 Å². The maximum atomic E-state index is 10.9. The van der Waals surface area contributed by atoms with E-state index in [0.29, 0.717) is 28.2 Å². The number of pyridine rings is 1. The predicted molar refractivity (Wildman–Crippen MR) is 70.5 cm³/mol. The Hall–Kier alpha value is -3.20. The summed E-state index contributed by atoms with van der Waals surface area (Å²) >= 11 is 0. The van der Waals surface area contributed by atoms with E-state index in [1.165, 1.54) is 12.3 Å². The molecule has 0 aliphatic heterocycles. The van der Waals surface area contributed by atoms with E-state index in [1.807, 2.05) is 0 Å². The summed E-state index contributed by atoms with van der Waals surface area (Å²) in [5, 5.41) is 8.92. The zero-order valence-corrected chi connectivity index (χ0v) is 10.1. The van der Waals surface area contributed by atoms with Crippen LogP contribution in [0.15, 0.2) is 40.9 Å². The molecule has 96 valence electrons. The summed E-state index contributed by atoms with van der Waals surface area (Å²) in [6.45, 7) is 6.96. The molecule has 0 radical (unpaired) electrons. The fraction of sp³-hybridized carbons (Fsp3) is 0. The number of carboxylic acid groups (broad SMARTS) is 1. The van der Waals surface area contributed by atoms with E-state index in [9.17, 15) is 4.79 Å². The highest BCUT2D eigenvalue weighted by atomic mass is 16.4. The van der Waals surface area contributed by atoms with Crippen molar-refractivity contribution < 1.29 is 14.3 Å². The maximum absolute atomic E-state index is 10.9. The number of aromatic nitrogens is 2. The van der Waals surface area contributed by atoms with Gasteiger partial charge in [-0.25, -0.2) is 19.6 Å². The zero-order valence-electron chi connectivity index (χ0n) is 10.1. The van der Waals surface area contributed by atoms with Gasteiger partial charge in [-0.2, -0.15) is 0 Å². The number of carboxylic acids is 1. The standard InChI is InChI=1S/C14H7N3O3/c1-15-9-2-3-12-10(7-9)17-13(20-12)8-4-5-16-11(6-8)14(18)19/h2-7H,(H,18,19). The van der Waals surface area contributed by atoms with Crippen LogP contribution >= 0.6 is 0 Å². The number of aromatic carboxylic acids is 1. The highest BCUT2D eigenvalue weighted by molar-refractivity contribution is 5.87. The van der Waals surface area contributed by atoms with Crippen LogP contribution < -0.4 is 0 Å². The summed E-state index contributed by atoms with van der Waals surface area (Å²) in [6.07, 6.45) is 1.39. The van der Waals surface area contributed by atoms with Crippen molar-refractivity contribution in [2.45, 2.75) is 0 Å². The highest BCUT2D eigenvalue weighted by Gasteiger charge is 2.12. The molecule has 0 amide bonds. The Balaban J connectivity index is 2.13. The van der Waals surface area contributed by atoms with E-state index in [1.54, 1.807) is 24.3 Å². The molecule has 6 nitrogen and oxygen atoms in total. The second-order valence-electron chi connectivity index (χ2n) is 4.02. The quantitative estimate of drug-likeness (QED) is 0.720. The number of oxazole rings is 1. The van der Waals surface area contributed by atoms with Crippen LogP contribution in [0, 0.1) is 6.57 Å². The molecule has 6 heteroatoms. The largest absolute Gasteiger partial charge is 0.477 e. The molecule has 0 saturated carbocycles. The average Bonchev–Trinajstić information content (AvgIpc) is 2.90. The van der Waals surface area contributed by atoms with Crippen LogP contribution in [0.3, 0.4) is 0 Å². The lowest BCUT2D eigenvalue weighted by Gasteiger charge is -1.96. The third-order valence-corrected chi connectivity index (χ3v) is 2.73. The number of benzene rings is 1. The van der Waals surface area contributed by atoms with Crippen molar-refractivity contribution in [3.8, 4) is 11.5 Å². The predicted octanol–water partition coefficient (Wildman–Crippen LogP) is 3.14. The molecular weight excluding hydrogens is 258 g/mol. The Morgan fingerprint density at radius 2 is 2.15 bits per heavy atom. The van der Waals surface area contributed by atoms with Gasteiger partial charge in [0.25, 0.3) is 0 Å². The third-order valence-electron chi connectivity index (χ3n) is 2.73. The molecule has 0 bridgehead atoms. The van der Waals surface area contributed by atoms with E-state index >= 15 is 0 Å². The van der Waals surface area contributed by atoms with Gasteiger partial charge in [0.15, 0.2) is 11.3 Å². The molecule has 3 rings (SSSR count). The second kappa shape index (κ2) is 4.48. The van der Waals surface area contributed by atoms with Crippen LogP contribution in [0.1, 0.15) is 10.5 Å². The van der Waals surface area contributed by atoms with Crippen molar-refractivity contribution >= 4 is 22.8 Å². The number of fused-ring (bicyclic) bond motifs is 1. The van der Waals surface area contributed by atoms with E-state index in [-0.39, 0.29) is 5.69 Å². The van der Waals surface area contributed by atoms with E-state index in [0.717, 1.165) is 0 Å². The van der Waals surface area contributed by atoms with E-state index in [2.05, 4.69) is 14.8 Å². The van der Waals surface area contributed by atoms with Crippen LogP contribution in [-0.2, 0) is 0 Å². The van der Waals surface area contributed by atoms with Crippen LogP contribution in [0.4, 0.5) is 5.69 Å². The molecule has 0 atom stereocenters. The zero-order chi connectivity index (χ0) is 14.1. The van der Waals surface area contributed by atoms with Gasteiger partial charge in [0.1, 0.15) is 5.69 Å². The minimum absolute atomic E-state index is 0.0772. The molecule has 0 spiro atoms. The van der Waals surface area contributed by atoms with Crippen molar-refractivity contribution in [2.75, 3.05) is 0 Å². The molecular formula is C14H7N3O3. The van der Waals surface area contributed by atoms with Crippen LogP contribution in [-0.4, -0.2) is 21.0 Å². The summed E-state index contributed by atoms with van der Waals surface area (Å²) in [4.78, 5) is 22.2. The number of hydrogen-bond acceptors (Lipinski definition) is 4. The summed E-state index contributed by atoms with van der Waals surface area (Å²) in [7, 11) is 0. The SMILES string of the molecule is [C-]#[N+]c1ccc2oc(-c3ccnc(C(=O)O)c3)nc2c1. The minimum Gasteiger partial charge on any atom is -0.477 e. The van der Waals surface area contributed by atoms with Crippen LogP contribution in [0.25, 0.3) is 27.4 Å². The fourth-order valence-corrected chi connectivity index (χ4v) is 1.79. The maximum Gasteiger partial charge on any atom is 0.354 e. The van der Waals surface area contributed by atoms with E-state index < -0.39 is 5.97 Å². The highest BCUT2D eigenvalue weighted by Crippen LogP contribution is 2.27. The molecule has 1 aromatic carbocycles. The van der Waals surface area contributed by atoms with Gasteiger partial charge in [-0.15, -0.1) is 0 Å². The Morgan fingerprint density at radius 3 is 2.90 bits per heavy atom. The van der Waals surface area contributed by atoms with Crippen LogP contribution in [0.2, 0.25) is 0 Å². The molecule has 20 heavy (non-hydrogen) atoms. The first-order valence-electron chi connectivity index (χ1n) is 5.65. The van der Waals surface area contributed by atoms with Gasteiger partial charge in [0.05, 0.1) is 12.1 Å². The molecule has 0 fully saturated rings. The van der Waals surface area contributed by atoms with Crippen molar-refractivity contribution in [1.29, 1.82) is 0 Å². The Kier molecular flexibility index (Phi) is 2.66. The lowest BCUT2D eigenvalue weighted by atomic mass is 10.2. The number of carbonyl (C=O) groups is 1. The Bertz CT molecular complexity index is 861. The molecule has 1 N–H and O–H groups in total. The number of hydrogen-bond donors (Lipinski definition) is 1. The van der Waals surface area contributed by atoms with Gasteiger partial charge < -0.3 is 9.52 Å². The third kappa shape index (κ3) is 1.97. The average molecular weight is 265 g/mol. The minimum atomic E-state index is -1.11. The molecule has 0 unspecified atom stereocenters. The van der Waals surface area contributed by atoms with Gasteiger partial charge in [-0.05, 0) is 24.3 Å². The van der Waals surface area contributed by atoms with Crippen LogP contribution in [0.5, 0.6) is 0 Å². The monoisotopic (exact) mass is 265 g/mol. The van der Waals surface area contributed by atoms with Crippen molar-refractivity contribution in [2.24, 2.45) is 0 Å². The van der Waals surface area contributed by atoms with E-state index in [4.69, 9.17) is 16.1 Å². The molecule has 2 aromatic heterocycles. The first-order chi connectivity index (χ1) is 9.67. The molecule has 0 saturated heterocycles. The lowest BCUT2D eigenvalue weighted by molar-refractivity contribution is 0.0690. The first kappa shape index (κ1) is 11.9. The smallest absolute Gasteiger partial charge is 0.354 e. The topological polar surface area (TPSA) is 80.6 Å². The van der Waals surface area contributed by atoms with Crippen molar-refractivity contribution in [3.05, 3.63) is 53.6 Å². The number of rotatable bonds is 2. The van der Waals surface area contributed by atoms with Gasteiger partial charge in [0.2, 0.25) is 5.89 Å². The Morgan fingerprint density at radius 1 is 1.30 bits per heavy atom. The molecule has 0 aliphatic carbocycles. The molecule has 3 aromatic rings. The first-order valence-corrected chi connectivity index (χ1v) is 5.65. The number of nitrogens with zero attached hydrogens (tertiary/aromatic N) is 3. The normalized spacial score (nSPS) is 10.3. The summed E-state index contributed by atoms with van der Waals surface area (Å²) < 4.78 is 5.55. The van der Waals surface area contributed by atoms with Gasteiger partial charge >= 0.3 is 5.97 Å². The Labute approximate surface area is 113 Å². The van der Waals surface area contributed by atoms with Crippen molar-refractivity contribution in [3.63, 3.8) is 0 Å².